The normalized spacial score (nSPS) is 12.3. The van der Waals surface area contributed by atoms with Gasteiger partial charge in [0.05, 0.1) is 31.7 Å². The first kappa shape index (κ1) is 26.5. The standard InChI is InChI=1S/C25H26ClFN2O5S/c1-17(18-8-13-23(33-2)24(14-18)34-3)28-25(30)16-29(15-19-6-4-5-7-22(19)27)35(31,32)21-11-9-20(26)10-12-21/h4-14,17H,15-16H2,1-3H3,(H,28,30). The minimum absolute atomic E-state index is 0.0565. The van der Waals surface area contributed by atoms with Crippen molar-refractivity contribution in [3.05, 3.63) is 88.7 Å². The van der Waals surface area contributed by atoms with Crippen LogP contribution in [0.15, 0.2) is 71.6 Å². The van der Waals surface area contributed by atoms with Crippen molar-refractivity contribution in [1.82, 2.24) is 9.62 Å². The topological polar surface area (TPSA) is 84.9 Å². The van der Waals surface area contributed by atoms with Gasteiger partial charge >= 0.3 is 0 Å². The molecule has 10 heteroatoms. The second kappa shape index (κ2) is 11.5. The Hall–Kier alpha value is -3.14. The Kier molecular flexibility index (Phi) is 8.71. The predicted octanol–water partition coefficient (Wildman–Crippen LogP) is 4.56. The molecule has 0 aliphatic carbocycles. The second-order valence-corrected chi connectivity index (χ2v) is 10.1. The van der Waals surface area contributed by atoms with Crippen LogP contribution in [0.5, 0.6) is 11.5 Å². The number of nitrogens with zero attached hydrogens (tertiary/aromatic N) is 1. The quantitative estimate of drug-likeness (QED) is 0.423. The number of carbonyl (C=O) groups is 1. The van der Waals surface area contributed by atoms with Crippen molar-refractivity contribution < 1.29 is 27.1 Å². The summed E-state index contributed by atoms with van der Waals surface area (Å²) in [4.78, 5) is 12.9. The summed E-state index contributed by atoms with van der Waals surface area (Å²) in [6.07, 6.45) is 0. The maximum atomic E-state index is 14.3. The average Bonchev–Trinajstić information content (AvgIpc) is 2.84. The highest BCUT2D eigenvalue weighted by atomic mass is 35.5. The van der Waals surface area contributed by atoms with Crippen molar-refractivity contribution in [2.24, 2.45) is 0 Å². The van der Waals surface area contributed by atoms with E-state index in [-0.39, 0.29) is 17.0 Å². The van der Waals surface area contributed by atoms with E-state index in [1.54, 1.807) is 31.2 Å². The SMILES string of the molecule is COc1ccc(C(C)NC(=O)CN(Cc2ccccc2F)S(=O)(=O)c2ccc(Cl)cc2)cc1OC. The predicted molar refractivity (Wildman–Crippen MR) is 132 cm³/mol. The van der Waals surface area contributed by atoms with Crippen molar-refractivity contribution in [3.8, 4) is 11.5 Å². The van der Waals surface area contributed by atoms with Crippen molar-refractivity contribution in [2.45, 2.75) is 24.4 Å². The van der Waals surface area contributed by atoms with Crippen LogP contribution in [-0.4, -0.2) is 39.4 Å². The first-order valence-corrected chi connectivity index (χ1v) is 12.5. The average molecular weight is 521 g/mol. The van der Waals surface area contributed by atoms with E-state index in [4.69, 9.17) is 21.1 Å². The van der Waals surface area contributed by atoms with Gasteiger partial charge in [-0.2, -0.15) is 4.31 Å². The number of ether oxygens (including phenoxy) is 2. The molecule has 3 rings (SSSR count). The number of nitrogens with one attached hydrogen (secondary N) is 1. The molecule has 7 nitrogen and oxygen atoms in total. The molecule has 0 spiro atoms. The van der Waals surface area contributed by atoms with E-state index >= 15 is 0 Å². The molecule has 35 heavy (non-hydrogen) atoms. The molecule has 0 aliphatic heterocycles. The number of benzene rings is 3. The van der Waals surface area contributed by atoms with Gasteiger partial charge in [0.25, 0.3) is 0 Å². The maximum absolute atomic E-state index is 14.3. The van der Waals surface area contributed by atoms with Gasteiger partial charge < -0.3 is 14.8 Å². The Bertz CT molecular complexity index is 1290. The van der Waals surface area contributed by atoms with Crippen LogP contribution in [0.1, 0.15) is 24.1 Å². The van der Waals surface area contributed by atoms with Gasteiger partial charge in [0, 0.05) is 17.1 Å². The molecule has 0 bridgehead atoms. The van der Waals surface area contributed by atoms with Crippen molar-refractivity contribution in [3.63, 3.8) is 0 Å². The lowest BCUT2D eigenvalue weighted by Gasteiger charge is -2.24. The summed E-state index contributed by atoms with van der Waals surface area (Å²) in [5.41, 5.74) is 0.878. The Morgan fingerprint density at radius 2 is 1.69 bits per heavy atom. The van der Waals surface area contributed by atoms with Crippen LogP contribution in [0.25, 0.3) is 0 Å². The second-order valence-electron chi connectivity index (χ2n) is 7.72. The Balaban J connectivity index is 1.84. The van der Waals surface area contributed by atoms with Gasteiger partial charge in [-0.3, -0.25) is 4.79 Å². The lowest BCUT2D eigenvalue weighted by atomic mass is 10.1. The fourth-order valence-corrected chi connectivity index (χ4v) is 4.95. The smallest absolute Gasteiger partial charge is 0.243 e. The van der Waals surface area contributed by atoms with E-state index in [0.29, 0.717) is 16.5 Å². The fraction of sp³-hybridized carbons (Fsp3) is 0.240. The summed E-state index contributed by atoms with van der Waals surface area (Å²) in [6.45, 7) is 0.917. The van der Waals surface area contributed by atoms with E-state index in [9.17, 15) is 17.6 Å². The number of methoxy groups -OCH3 is 2. The number of sulfonamides is 1. The van der Waals surface area contributed by atoms with E-state index in [2.05, 4.69) is 5.32 Å². The number of carbonyl (C=O) groups excluding carboxylic acids is 1. The third-order valence-corrected chi connectivity index (χ3v) is 7.42. The van der Waals surface area contributed by atoms with Crippen LogP contribution in [0.2, 0.25) is 5.02 Å². The zero-order valence-electron chi connectivity index (χ0n) is 19.5. The Labute approximate surface area is 209 Å². The van der Waals surface area contributed by atoms with Gasteiger partial charge in [-0.25, -0.2) is 12.8 Å². The Morgan fingerprint density at radius 1 is 1.03 bits per heavy atom. The summed E-state index contributed by atoms with van der Waals surface area (Å²) in [6, 6.07) is 16.1. The highest BCUT2D eigenvalue weighted by molar-refractivity contribution is 7.89. The van der Waals surface area contributed by atoms with E-state index in [1.165, 1.54) is 56.7 Å². The molecule has 0 aliphatic rings. The molecule has 1 atom stereocenters. The summed E-state index contributed by atoms with van der Waals surface area (Å²) in [5, 5.41) is 3.16. The van der Waals surface area contributed by atoms with Crippen LogP contribution in [-0.2, 0) is 21.4 Å². The molecular weight excluding hydrogens is 495 g/mol. The number of rotatable bonds is 10. The number of amides is 1. The van der Waals surface area contributed by atoms with E-state index in [1.807, 2.05) is 0 Å². The first-order chi connectivity index (χ1) is 16.6. The van der Waals surface area contributed by atoms with Crippen molar-refractivity contribution >= 4 is 27.5 Å². The molecule has 3 aromatic rings. The first-order valence-electron chi connectivity index (χ1n) is 10.7. The summed E-state index contributed by atoms with van der Waals surface area (Å²) < 4.78 is 52.5. The molecule has 1 unspecified atom stereocenters. The van der Waals surface area contributed by atoms with E-state index < -0.39 is 34.3 Å². The number of hydrogen-bond donors (Lipinski definition) is 1. The highest BCUT2D eigenvalue weighted by Crippen LogP contribution is 2.30. The zero-order chi connectivity index (χ0) is 25.6. The molecule has 0 radical (unpaired) electrons. The van der Waals surface area contributed by atoms with Gasteiger partial charge in [-0.05, 0) is 55.0 Å². The van der Waals surface area contributed by atoms with Gasteiger partial charge in [-0.1, -0.05) is 35.9 Å². The largest absolute Gasteiger partial charge is 0.493 e. The van der Waals surface area contributed by atoms with Gasteiger partial charge in [0.1, 0.15) is 5.82 Å². The molecule has 0 fully saturated rings. The minimum atomic E-state index is -4.14. The zero-order valence-corrected chi connectivity index (χ0v) is 21.1. The van der Waals surface area contributed by atoms with Crippen LogP contribution in [0.4, 0.5) is 4.39 Å². The lowest BCUT2D eigenvalue weighted by molar-refractivity contribution is -0.122. The molecule has 0 saturated carbocycles. The highest BCUT2D eigenvalue weighted by Gasteiger charge is 2.28. The summed E-state index contributed by atoms with van der Waals surface area (Å²) in [7, 11) is -1.11. The van der Waals surface area contributed by atoms with Gasteiger partial charge in [-0.15, -0.1) is 0 Å². The third kappa shape index (κ3) is 6.50. The van der Waals surface area contributed by atoms with Gasteiger partial charge in [0.2, 0.25) is 15.9 Å². The summed E-state index contributed by atoms with van der Waals surface area (Å²) >= 11 is 5.89. The molecule has 0 heterocycles. The molecule has 1 amide bonds. The van der Waals surface area contributed by atoms with Crippen LogP contribution in [0.3, 0.4) is 0 Å². The fourth-order valence-electron chi connectivity index (χ4n) is 3.45. The van der Waals surface area contributed by atoms with Crippen molar-refractivity contribution in [2.75, 3.05) is 20.8 Å². The third-order valence-electron chi connectivity index (χ3n) is 5.36. The molecular formula is C25H26ClFN2O5S. The van der Waals surface area contributed by atoms with E-state index in [0.717, 1.165) is 9.87 Å². The van der Waals surface area contributed by atoms with Crippen LogP contribution in [0, 0.1) is 5.82 Å². The molecule has 3 aromatic carbocycles. The number of hydrogen-bond acceptors (Lipinski definition) is 5. The minimum Gasteiger partial charge on any atom is -0.493 e. The van der Waals surface area contributed by atoms with Crippen LogP contribution < -0.4 is 14.8 Å². The molecule has 186 valence electrons. The van der Waals surface area contributed by atoms with Gasteiger partial charge in [0.15, 0.2) is 11.5 Å². The van der Waals surface area contributed by atoms with Crippen molar-refractivity contribution in [1.29, 1.82) is 0 Å². The Morgan fingerprint density at radius 3 is 2.31 bits per heavy atom. The maximum Gasteiger partial charge on any atom is 0.243 e. The van der Waals surface area contributed by atoms with Crippen LogP contribution >= 0.6 is 11.6 Å². The molecule has 0 saturated heterocycles. The molecule has 0 aromatic heterocycles. The number of halogens is 2. The monoisotopic (exact) mass is 520 g/mol. The summed E-state index contributed by atoms with van der Waals surface area (Å²) in [5.74, 6) is -0.0819. The molecule has 1 N–H and O–H groups in total. The lowest BCUT2D eigenvalue weighted by Crippen LogP contribution is -2.41.